The Hall–Kier alpha value is -2.54. The molecule has 1 aromatic heterocycles. The van der Waals surface area contributed by atoms with Crippen molar-refractivity contribution in [3.8, 4) is 0 Å². The third-order valence-corrected chi connectivity index (χ3v) is 4.76. The van der Waals surface area contributed by atoms with Crippen molar-refractivity contribution in [2.24, 2.45) is 0 Å². The number of benzene rings is 1. The molecule has 0 aliphatic carbocycles. The van der Waals surface area contributed by atoms with Gasteiger partial charge in [-0.15, -0.1) is 0 Å². The Morgan fingerprint density at radius 1 is 1.28 bits per heavy atom. The molecule has 1 atom stereocenters. The van der Waals surface area contributed by atoms with Crippen LogP contribution in [0.1, 0.15) is 35.3 Å². The van der Waals surface area contributed by atoms with Gasteiger partial charge in [-0.1, -0.05) is 12.1 Å². The number of rotatable bonds is 4. The fourth-order valence-corrected chi connectivity index (χ4v) is 3.37. The summed E-state index contributed by atoms with van der Waals surface area (Å²) >= 11 is 0. The van der Waals surface area contributed by atoms with Crippen molar-refractivity contribution in [2.45, 2.75) is 24.7 Å². The number of halogens is 1. The fourth-order valence-electron chi connectivity index (χ4n) is 3.37. The highest BCUT2D eigenvalue weighted by Gasteiger charge is 2.34. The van der Waals surface area contributed by atoms with E-state index in [0.29, 0.717) is 6.54 Å². The molecule has 1 aliphatic heterocycles. The lowest BCUT2D eigenvalue weighted by molar-refractivity contribution is 0.0936. The molecule has 7 heteroatoms. The molecule has 2 aromatic rings. The molecule has 0 radical (unpaired) electrons. The average molecular weight is 343 g/mol. The SMILES string of the molecule is Nc1nccnc1C(=O)NCC1(c2cccc(F)c2)CCCNCC1. The molecule has 2 heterocycles. The van der Waals surface area contributed by atoms with Crippen molar-refractivity contribution >= 4 is 11.7 Å². The molecule has 1 unspecified atom stereocenters. The van der Waals surface area contributed by atoms with E-state index in [9.17, 15) is 9.18 Å². The van der Waals surface area contributed by atoms with Crippen LogP contribution in [0, 0.1) is 5.82 Å². The van der Waals surface area contributed by atoms with Crippen LogP contribution in [-0.2, 0) is 5.41 Å². The normalized spacial score (nSPS) is 20.7. The van der Waals surface area contributed by atoms with E-state index in [1.807, 2.05) is 6.07 Å². The molecule has 1 saturated heterocycles. The van der Waals surface area contributed by atoms with Crippen LogP contribution in [0.2, 0.25) is 0 Å². The fraction of sp³-hybridized carbons (Fsp3) is 0.389. The van der Waals surface area contributed by atoms with Crippen molar-refractivity contribution in [3.05, 3.63) is 53.7 Å². The summed E-state index contributed by atoms with van der Waals surface area (Å²) < 4.78 is 13.8. The molecule has 4 N–H and O–H groups in total. The van der Waals surface area contributed by atoms with Crippen LogP contribution in [0.25, 0.3) is 0 Å². The van der Waals surface area contributed by atoms with Gasteiger partial charge in [0.2, 0.25) is 0 Å². The monoisotopic (exact) mass is 343 g/mol. The summed E-state index contributed by atoms with van der Waals surface area (Å²) in [7, 11) is 0. The number of hydrogen-bond acceptors (Lipinski definition) is 5. The Morgan fingerprint density at radius 2 is 2.12 bits per heavy atom. The van der Waals surface area contributed by atoms with Crippen LogP contribution in [0.3, 0.4) is 0 Å². The summed E-state index contributed by atoms with van der Waals surface area (Å²) in [5.74, 6) is -0.528. The third kappa shape index (κ3) is 3.93. The highest BCUT2D eigenvalue weighted by Crippen LogP contribution is 2.34. The first kappa shape index (κ1) is 17.3. The highest BCUT2D eigenvalue weighted by molar-refractivity contribution is 5.96. The van der Waals surface area contributed by atoms with Crippen LogP contribution in [0.15, 0.2) is 36.7 Å². The molecule has 1 aliphatic rings. The second-order valence-corrected chi connectivity index (χ2v) is 6.37. The molecule has 1 amide bonds. The molecule has 132 valence electrons. The second kappa shape index (κ2) is 7.57. The lowest BCUT2D eigenvalue weighted by atomic mass is 9.74. The van der Waals surface area contributed by atoms with Gasteiger partial charge < -0.3 is 16.4 Å². The van der Waals surface area contributed by atoms with E-state index in [1.165, 1.54) is 18.5 Å². The van der Waals surface area contributed by atoms with E-state index >= 15 is 0 Å². The molecule has 1 fully saturated rings. The standard InChI is InChI=1S/C18H22FN5O/c19-14-4-1-3-13(11-14)18(5-2-7-21-8-6-18)12-24-17(25)15-16(20)23-10-9-22-15/h1,3-4,9-11,21H,2,5-8,12H2,(H2,20,23)(H,24,25). The van der Waals surface area contributed by atoms with Crippen molar-refractivity contribution < 1.29 is 9.18 Å². The quantitative estimate of drug-likeness (QED) is 0.785. The van der Waals surface area contributed by atoms with Crippen molar-refractivity contribution in [2.75, 3.05) is 25.4 Å². The Bertz CT molecular complexity index is 744. The first-order chi connectivity index (χ1) is 12.1. The van der Waals surface area contributed by atoms with Crippen LogP contribution in [0.4, 0.5) is 10.2 Å². The lowest BCUT2D eigenvalue weighted by Crippen LogP contribution is -2.42. The first-order valence-electron chi connectivity index (χ1n) is 8.42. The second-order valence-electron chi connectivity index (χ2n) is 6.37. The van der Waals surface area contributed by atoms with E-state index in [2.05, 4.69) is 20.6 Å². The van der Waals surface area contributed by atoms with Crippen LogP contribution in [0.5, 0.6) is 0 Å². The van der Waals surface area contributed by atoms with Crippen molar-refractivity contribution in [1.82, 2.24) is 20.6 Å². The van der Waals surface area contributed by atoms with Gasteiger partial charge in [-0.3, -0.25) is 4.79 Å². The minimum absolute atomic E-state index is 0.0994. The van der Waals surface area contributed by atoms with Gasteiger partial charge in [0.15, 0.2) is 11.5 Å². The third-order valence-electron chi connectivity index (χ3n) is 4.76. The topological polar surface area (TPSA) is 92.9 Å². The van der Waals surface area contributed by atoms with E-state index in [0.717, 1.165) is 37.9 Å². The van der Waals surface area contributed by atoms with E-state index in [1.54, 1.807) is 12.1 Å². The van der Waals surface area contributed by atoms with E-state index < -0.39 is 0 Å². The summed E-state index contributed by atoms with van der Waals surface area (Å²) in [5, 5.41) is 6.29. The van der Waals surface area contributed by atoms with Gasteiger partial charge in [0.05, 0.1) is 0 Å². The number of anilines is 1. The molecule has 0 saturated carbocycles. The maximum Gasteiger partial charge on any atom is 0.273 e. The van der Waals surface area contributed by atoms with E-state index in [4.69, 9.17) is 5.73 Å². The molecule has 1 aromatic carbocycles. The number of nitrogen functional groups attached to an aromatic ring is 1. The Morgan fingerprint density at radius 3 is 2.92 bits per heavy atom. The Labute approximate surface area is 146 Å². The maximum atomic E-state index is 13.8. The number of aromatic nitrogens is 2. The number of amides is 1. The van der Waals surface area contributed by atoms with Gasteiger partial charge in [0.1, 0.15) is 5.82 Å². The lowest BCUT2D eigenvalue weighted by Gasteiger charge is -2.33. The summed E-state index contributed by atoms with van der Waals surface area (Å²) in [6.45, 7) is 2.13. The van der Waals surface area contributed by atoms with Crippen molar-refractivity contribution in [1.29, 1.82) is 0 Å². The summed E-state index contributed by atoms with van der Waals surface area (Å²) in [5.41, 5.74) is 6.42. The number of nitrogens with zero attached hydrogens (tertiary/aromatic N) is 2. The van der Waals surface area contributed by atoms with Gasteiger partial charge in [0, 0.05) is 24.4 Å². The number of nitrogens with one attached hydrogen (secondary N) is 2. The van der Waals surface area contributed by atoms with E-state index in [-0.39, 0.29) is 28.7 Å². The zero-order valence-corrected chi connectivity index (χ0v) is 14.0. The summed E-state index contributed by atoms with van der Waals surface area (Å²) in [4.78, 5) is 20.3. The zero-order valence-electron chi connectivity index (χ0n) is 14.0. The van der Waals surface area contributed by atoms with Crippen LogP contribution >= 0.6 is 0 Å². The van der Waals surface area contributed by atoms with Gasteiger partial charge >= 0.3 is 0 Å². The van der Waals surface area contributed by atoms with Crippen molar-refractivity contribution in [3.63, 3.8) is 0 Å². The molecule has 3 rings (SSSR count). The smallest absolute Gasteiger partial charge is 0.273 e. The predicted molar refractivity (Wildman–Crippen MR) is 93.6 cm³/mol. The van der Waals surface area contributed by atoms with Gasteiger partial charge in [-0.05, 0) is 50.0 Å². The predicted octanol–water partition coefficient (Wildman–Crippen LogP) is 1.64. The molecule has 0 bridgehead atoms. The summed E-state index contributed by atoms with van der Waals surface area (Å²) in [6, 6.07) is 6.64. The maximum absolute atomic E-state index is 13.8. The zero-order chi connectivity index (χ0) is 17.7. The molecule has 0 spiro atoms. The molecular weight excluding hydrogens is 321 g/mol. The minimum atomic E-state index is -0.362. The minimum Gasteiger partial charge on any atom is -0.382 e. The van der Waals surface area contributed by atoms with Gasteiger partial charge in [0.25, 0.3) is 5.91 Å². The number of nitrogens with two attached hydrogens (primary N) is 1. The van der Waals surface area contributed by atoms with Crippen LogP contribution < -0.4 is 16.4 Å². The Kier molecular flexibility index (Phi) is 5.23. The number of hydrogen-bond donors (Lipinski definition) is 3. The van der Waals surface area contributed by atoms with Gasteiger partial charge in [-0.25, -0.2) is 14.4 Å². The molecule has 6 nitrogen and oxygen atoms in total. The molecule has 25 heavy (non-hydrogen) atoms. The first-order valence-corrected chi connectivity index (χ1v) is 8.42. The number of carbonyl (C=O) groups is 1. The van der Waals surface area contributed by atoms with Crippen LogP contribution in [-0.4, -0.2) is 35.5 Å². The number of carbonyl (C=O) groups excluding carboxylic acids is 1. The highest BCUT2D eigenvalue weighted by atomic mass is 19.1. The molecular formula is C18H22FN5O. The van der Waals surface area contributed by atoms with Gasteiger partial charge in [-0.2, -0.15) is 0 Å². The average Bonchev–Trinajstić information content (AvgIpc) is 2.87. The largest absolute Gasteiger partial charge is 0.382 e. The Balaban J connectivity index is 1.83. The summed E-state index contributed by atoms with van der Waals surface area (Å²) in [6.07, 6.45) is 5.51.